The van der Waals surface area contributed by atoms with Crippen molar-refractivity contribution < 1.29 is 14.4 Å². The van der Waals surface area contributed by atoms with Crippen molar-refractivity contribution in [3.8, 4) is 0 Å². The van der Waals surface area contributed by atoms with Crippen LogP contribution in [0.3, 0.4) is 0 Å². The van der Waals surface area contributed by atoms with E-state index >= 15 is 0 Å². The van der Waals surface area contributed by atoms with Crippen molar-refractivity contribution >= 4 is 45.8 Å². The van der Waals surface area contributed by atoms with Crippen molar-refractivity contribution in [1.29, 1.82) is 0 Å². The zero-order valence-electron chi connectivity index (χ0n) is 16.5. The predicted molar refractivity (Wildman–Crippen MR) is 117 cm³/mol. The zero-order valence-corrected chi connectivity index (χ0v) is 17.2. The molecule has 7 nitrogen and oxygen atoms in total. The van der Waals surface area contributed by atoms with Crippen LogP contribution in [0, 0.1) is 0 Å². The molecule has 156 valence electrons. The Kier molecular flexibility index (Phi) is 4.82. The van der Waals surface area contributed by atoms with Gasteiger partial charge in [-0.2, -0.15) is 0 Å². The molecule has 31 heavy (non-hydrogen) atoms. The minimum absolute atomic E-state index is 0.105. The van der Waals surface area contributed by atoms with Crippen molar-refractivity contribution in [1.82, 2.24) is 15.2 Å². The van der Waals surface area contributed by atoms with Crippen molar-refractivity contribution in [3.63, 3.8) is 0 Å². The van der Waals surface area contributed by atoms with Crippen LogP contribution in [0.25, 0.3) is 10.8 Å². The highest BCUT2D eigenvalue weighted by Gasteiger charge is 2.42. The maximum absolute atomic E-state index is 13.4. The molecule has 2 unspecified atom stereocenters. The fourth-order valence-electron chi connectivity index (χ4n) is 4.36. The van der Waals surface area contributed by atoms with Crippen LogP contribution in [0.2, 0.25) is 5.02 Å². The lowest BCUT2D eigenvalue weighted by Gasteiger charge is -2.36. The number of halogens is 1. The number of rotatable bonds is 3. The van der Waals surface area contributed by atoms with E-state index in [2.05, 4.69) is 15.6 Å². The summed E-state index contributed by atoms with van der Waals surface area (Å²) in [6.07, 6.45) is 3.87. The van der Waals surface area contributed by atoms with Crippen LogP contribution >= 0.6 is 11.6 Å². The number of carbonyl (C=O) groups is 3. The molecule has 1 saturated heterocycles. The molecule has 2 atom stereocenters. The summed E-state index contributed by atoms with van der Waals surface area (Å²) >= 11 is 6.19. The Bertz CT molecular complexity index is 1220. The zero-order chi connectivity index (χ0) is 21.5. The summed E-state index contributed by atoms with van der Waals surface area (Å²) in [5.41, 5.74) is 1.55. The molecule has 0 aliphatic carbocycles. The van der Waals surface area contributed by atoms with Crippen molar-refractivity contribution in [2.45, 2.75) is 18.4 Å². The first-order valence-electron chi connectivity index (χ1n) is 10.0. The Morgan fingerprint density at radius 3 is 2.81 bits per heavy atom. The summed E-state index contributed by atoms with van der Waals surface area (Å²) in [6.45, 7) is 0.619. The standard InChI is InChI=1S/C23H19ClN4O3/c24-14-5-6-16-17(9-14)18(12-28(23(16)31)20-7-8-26-22(20)30)21(29)27-19-11-25-10-13-3-1-2-4-15(13)19/h1-6,9-11,18,20H,7-8,12H2,(H,26,30)(H,27,29). The number of benzene rings is 2. The van der Waals surface area contributed by atoms with E-state index in [1.807, 2.05) is 24.3 Å². The number of aromatic nitrogens is 1. The SMILES string of the molecule is O=C(Nc1cncc2ccccc12)C1CN(C2CCNC2=O)C(=O)c2ccc(Cl)cc21. The number of fused-ring (bicyclic) bond motifs is 2. The van der Waals surface area contributed by atoms with Crippen LogP contribution in [0.15, 0.2) is 54.9 Å². The molecule has 2 aliphatic rings. The molecule has 1 aromatic heterocycles. The number of hydrogen-bond donors (Lipinski definition) is 2. The molecule has 0 bridgehead atoms. The molecule has 8 heteroatoms. The van der Waals surface area contributed by atoms with E-state index in [0.29, 0.717) is 34.8 Å². The van der Waals surface area contributed by atoms with E-state index < -0.39 is 12.0 Å². The Labute approximate surface area is 183 Å². The van der Waals surface area contributed by atoms with Gasteiger partial charge in [-0.25, -0.2) is 0 Å². The lowest BCUT2D eigenvalue weighted by atomic mass is 9.87. The first kappa shape index (κ1) is 19.5. The maximum atomic E-state index is 13.4. The topological polar surface area (TPSA) is 91.4 Å². The third-order valence-corrected chi connectivity index (χ3v) is 6.13. The molecule has 3 heterocycles. The highest BCUT2D eigenvalue weighted by Crippen LogP contribution is 2.34. The van der Waals surface area contributed by atoms with Crippen LogP contribution in [0.5, 0.6) is 0 Å². The molecular weight excluding hydrogens is 416 g/mol. The summed E-state index contributed by atoms with van der Waals surface area (Å²) in [6, 6.07) is 12.0. The fourth-order valence-corrected chi connectivity index (χ4v) is 4.54. The molecule has 0 saturated carbocycles. The van der Waals surface area contributed by atoms with Crippen LogP contribution < -0.4 is 10.6 Å². The molecule has 2 aromatic carbocycles. The third kappa shape index (κ3) is 3.41. The van der Waals surface area contributed by atoms with Gasteiger partial charge >= 0.3 is 0 Å². The number of carbonyl (C=O) groups excluding carboxylic acids is 3. The second-order valence-corrected chi connectivity index (χ2v) is 8.17. The molecule has 1 fully saturated rings. The van der Waals surface area contributed by atoms with Gasteiger partial charge in [0, 0.05) is 40.6 Å². The van der Waals surface area contributed by atoms with E-state index in [9.17, 15) is 14.4 Å². The van der Waals surface area contributed by atoms with Crippen LogP contribution in [0.4, 0.5) is 5.69 Å². The molecule has 2 N–H and O–H groups in total. The number of anilines is 1. The van der Waals surface area contributed by atoms with E-state index in [4.69, 9.17) is 11.6 Å². The van der Waals surface area contributed by atoms with Gasteiger partial charge in [0.15, 0.2) is 0 Å². The van der Waals surface area contributed by atoms with Gasteiger partial charge in [0.1, 0.15) is 6.04 Å². The molecule has 5 rings (SSSR count). The molecular formula is C23H19ClN4O3. The maximum Gasteiger partial charge on any atom is 0.254 e. The Balaban J connectivity index is 1.52. The van der Waals surface area contributed by atoms with Crippen LogP contribution in [-0.2, 0) is 9.59 Å². The minimum atomic E-state index is -0.668. The van der Waals surface area contributed by atoms with E-state index in [1.165, 1.54) is 4.90 Å². The third-order valence-electron chi connectivity index (χ3n) is 5.90. The second kappa shape index (κ2) is 7.67. The lowest BCUT2D eigenvalue weighted by molar-refractivity contribution is -0.124. The van der Waals surface area contributed by atoms with Gasteiger partial charge < -0.3 is 15.5 Å². The number of pyridine rings is 1. The van der Waals surface area contributed by atoms with Gasteiger partial charge in [-0.1, -0.05) is 35.9 Å². The smallest absolute Gasteiger partial charge is 0.254 e. The highest BCUT2D eigenvalue weighted by atomic mass is 35.5. The van der Waals surface area contributed by atoms with Crippen molar-refractivity contribution in [2.75, 3.05) is 18.4 Å². The Morgan fingerprint density at radius 2 is 2.00 bits per heavy atom. The van der Waals surface area contributed by atoms with Gasteiger partial charge in [0.2, 0.25) is 11.8 Å². The quantitative estimate of drug-likeness (QED) is 0.663. The van der Waals surface area contributed by atoms with E-state index in [-0.39, 0.29) is 24.3 Å². The molecule has 3 aromatic rings. The van der Waals surface area contributed by atoms with Gasteiger partial charge in [-0.05, 0) is 30.2 Å². The number of nitrogens with zero attached hydrogens (tertiary/aromatic N) is 2. The second-order valence-electron chi connectivity index (χ2n) is 7.73. The van der Waals surface area contributed by atoms with Gasteiger partial charge in [-0.3, -0.25) is 19.4 Å². The van der Waals surface area contributed by atoms with Crippen LogP contribution in [-0.4, -0.2) is 46.7 Å². The summed E-state index contributed by atoms with van der Waals surface area (Å²) in [7, 11) is 0. The largest absolute Gasteiger partial charge is 0.354 e. The fraction of sp³-hybridized carbons (Fsp3) is 0.217. The molecule has 0 spiro atoms. The van der Waals surface area contributed by atoms with Crippen molar-refractivity contribution in [3.05, 3.63) is 71.0 Å². The summed E-state index contributed by atoms with van der Waals surface area (Å²) in [5, 5.41) is 7.96. The average molecular weight is 435 g/mol. The Morgan fingerprint density at radius 1 is 1.16 bits per heavy atom. The summed E-state index contributed by atoms with van der Waals surface area (Å²) in [5.74, 6) is -1.40. The van der Waals surface area contributed by atoms with E-state index in [0.717, 1.165) is 10.8 Å². The minimum Gasteiger partial charge on any atom is -0.354 e. The summed E-state index contributed by atoms with van der Waals surface area (Å²) < 4.78 is 0. The predicted octanol–water partition coefficient (Wildman–Crippen LogP) is 2.95. The van der Waals surface area contributed by atoms with Gasteiger partial charge in [0.05, 0.1) is 17.8 Å². The van der Waals surface area contributed by atoms with Crippen LogP contribution in [0.1, 0.15) is 28.3 Å². The lowest BCUT2D eigenvalue weighted by Crippen LogP contribution is -2.51. The monoisotopic (exact) mass is 434 g/mol. The number of nitrogens with one attached hydrogen (secondary N) is 2. The van der Waals surface area contributed by atoms with Crippen molar-refractivity contribution in [2.24, 2.45) is 0 Å². The molecule has 2 aliphatic heterocycles. The van der Waals surface area contributed by atoms with E-state index in [1.54, 1.807) is 30.6 Å². The molecule has 0 radical (unpaired) electrons. The van der Waals surface area contributed by atoms with Gasteiger partial charge in [0.25, 0.3) is 5.91 Å². The number of hydrogen-bond acceptors (Lipinski definition) is 4. The highest BCUT2D eigenvalue weighted by molar-refractivity contribution is 6.31. The average Bonchev–Trinajstić information content (AvgIpc) is 3.20. The Hall–Kier alpha value is -3.45. The number of amides is 3. The first-order chi connectivity index (χ1) is 15.0. The van der Waals surface area contributed by atoms with Gasteiger partial charge in [-0.15, -0.1) is 0 Å². The first-order valence-corrected chi connectivity index (χ1v) is 10.4. The molecule has 3 amide bonds. The normalized spacial score (nSPS) is 20.5. The summed E-state index contributed by atoms with van der Waals surface area (Å²) in [4.78, 5) is 44.5.